The van der Waals surface area contributed by atoms with Gasteiger partial charge in [-0.15, -0.1) is 0 Å². The fraction of sp³-hybridized carbons (Fsp3) is 0.533. The lowest BCUT2D eigenvalue weighted by Crippen LogP contribution is -2.44. The highest BCUT2D eigenvalue weighted by Gasteiger charge is 2.26. The summed E-state index contributed by atoms with van der Waals surface area (Å²) in [5.74, 6) is -0.252. The zero-order chi connectivity index (χ0) is 14.6. The first-order valence-electron chi connectivity index (χ1n) is 6.56. The van der Waals surface area contributed by atoms with Crippen molar-refractivity contribution in [3.05, 3.63) is 29.3 Å². The molecule has 4 heteroatoms. The molecule has 0 aliphatic carbocycles. The van der Waals surface area contributed by atoms with Crippen molar-refractivity contribution in [2.45, 2.75) is 40.2 Å². The van der Waals surface area contributed by atoms with E-state index in [0.29, 0.717) is 18.5 Å². The van der Waals surface area contributed by atoms with Crippen LogP contribution < -0.4 is 11.1 Å². The van der Waals surface area contributed by atoms with E-state index in [2.05, 4.69) is 26.1 Å². The molecule has 4 N–H and O–H groups in total. The van der Waals surface area contributed by atoms with Gasteiger partial charge in [-0.2, -0.15) is 0 Å². The van der Waals surface area contributed by atoms with E-state index >= 15 is 0 Å². The summed E-state index contributed by atoms with van der Waals surface area (Å²) >= 11 is 0. The molecular weight excluding hydrogens is 240 g/mol. The molecule has 0 saturated carbocycles. The van der Waals surface area contributed by atoms with Crippen LogP contribution in [0.15, 0.2) is 18.2 Å². The Balaban J connectivity index is 2.91. The van der Waals surface area contributed by atoms with Crippen molar-refractivity contribution in [3.8, 4) is 5.75 Å². The summed E-state index contributed by atoms with van der Waals surface area (Å²) in [5.41, 5.74) is 6.77. The lowest BCUT2D eigenvalue weighted by molar-refractivity contribution is 0.0896. The van der Waals surface area contributed by atoms with Crippen molar-refractivity contribution < 1.29 is 9.90 Å². The summed E-state index contributed by atoms with van der Waals surface area (Å²) in [5, 5.41) is 12.7. The molecule has 0 bridgehead atoms. The highest BCUT2D eigenvalue weighted by atomic mass is 16.3. The molecule has 4 nitrogen and oxygen atoms in total. The molecule has 1 atom stereocenters. The van der Waals surface area contributed by atoms with Gasteiger partial charge >= 0.3 is 0 Å². The Morgan fingerprint density at radius 3 is 2.58 bits per heavy atom. The third kappa shape index (κ3) is 4.24. The van der Waals surface area contributed by atoms with E-state index in [9.17, 15) is 9.90 Å². The second kappa shape index (κ2) is 6.06. The first kappa shape index (κ1) is 15.5. The van der Waals surface area contributed by atoms with Crippen LogP contribution in [0.2, 0.25) is 0 Å². The number of carbonyl (C=O) groups excluding carboxylic acids is 1. The zero-order valence-electron chi connectivity index (χ0n) is 12.2. The molecule has 0 saturated heterocycles. The summed E-state index contributed by atoms with van der Waals surface area (Å²) in [6.07, 6.45) is 0.710. The molecule has 1 unspecified atom stereocenters. The van der Waals surface area contributed by atoms with Crippen molar-refractivity contribution in [1.82, 2.24) is 5.32 Å². The lowest BCUT2D eigenvalue weighted by Gasteiger charge is -2.31. The molecule has 0 aliphatic rings. The fourth-order valence-electron chi connectivity index (χ4n) is 1.96. The van der Waals surface area contributed by atoms with E-state index in [1.165, 1.54) is 0 Å². The molecule has 0 aromatic heterocycles. The van der Waals surface area contributed by atoms with Crippen molar-refractivity contribution >= 4 is 5.91 Å². The van der Waals surface area contributed by atoms with E-state index in [0.717, 1.165) is 5.56 Å². The quantitative estimate of drug-likeness (QED) is 0.780. The van der Waals surface area contributed by atoms with Crippen LogP contribution in [0.3, 0.4) is 0 Å². The van der Waals surface area contributed by atoms with E-state index < -0.39 is 0 Å². The van der Waals surface area contributed by atoms with E-state index in [-0.39, 0.29) is 23.1 Å². The number of carbonyl (C=O) groups is 1. The Morgan fingerprint density at radius 1 is 1.42 bits per heavy atom. The molecule has 1 aromatic rings. The summed E-state index contributed by atoms with van der Waals surface area (Å²) in [4.78, 5) is 12.2. The molecular formula is C15H24N2O2. The third-order valence-electron chi connectivity index (χ3n) is 3.20. The molecule has 1 amide bonds. The van der Waals surface area contributed by atoms with E-state index in [1.54, 1.807) is 18.2 Å². The average molecular weight is 264 g/mol. The molecule has 1 rings (SSSR count). The van der Waals surface area contributed by atoms with Crippen LogP contribution >= 0.6 is 0 Å². The summed E-state index contributed by atoms with van der Waals surface area (Å²) in [7, 11) is 0. The predicted molar refractivity (Wildman–Crippen MR) is 77.2 cm³/mol. The minimum absolute atomic E-state index is 0.00325. The number of nitrogens with two attached hydrogens (primary N) is 1. The largest absolute Gasteiger partial charge is 0.507 e. The topological polar surface area (TPSA) is 75.3 Å². The zero-order valence-corrected chi connectivity index (χ0v) is 12.2. The highest BCUT2D eigenvalue weighted by molar-refractivity contribution is 5.97. The van der Waals surface area contributed by atoms with Gasteiger partial charge in [0.2, 0.25) is 0 Å². The van der Waals surface area contributed by atoms with Gasteiger partial charge in [-0.3, -0.25) is 4.79 Å². The first-order valence-corrected chi connectivity index (χ1v) is 6.56. The number of hydrogen-bond acceptors (Lipinski definition) is 3. The van der Waals surface area contributed by atoms with Gasteiger partial charge in [-0.05, 0) is 37.4 Å². The van der Waals surface area contributed by atoms with Crippen LogP contribution in [-0.4, -0.2) is 23.6 Å². The number of aromatic hydroxyl groups is 1. The van der Waals surface area contributed by atoms with Crippen molar-refractivity contribution in [1.29, 1.82) is 0 Å². The van der Waals surface area contributed by atoms with Gasteiger partial charge in [0, 0.05) is 6.04 Å². The van der Waals surface area contributed by atoms with Crippen LogP contribution in [-0.2, 0) is 0 Å². The summed E-state index contributed by atoms with van der Waals surface area (Å²) in [6.45, 7) is 8.58. The maximum absolute atomic E-state index is 12.2. The fourth-order valence-corrected chi connectivity index (χ4v) is 1.96. The van der Waals surface area contributed by atoms with Crippen LogP contribution in [0.25, 0.3) is 0 Å². The molecule has 0 spiro atoms. The van der Waals surface area contributed by atoms with Crippen LogP contribution in [0.1, 0.15) is 43.1 Å². The van der Waals surface area contributed by atoms with Gasteiger partial charge < -0.3 is 16.2 Å². The smallest absolute Gasteiger partial charge is 0.255 e. The molecule has 19 heavy (non-hydrogen) atoms. The van der Waals surface area contributed by atoms with Gasteiger partial charge in [0.15, 0.2) is 0 Å². The van der Waals surface area contributed by atoms with Crippen LogP contribution in [0.4, 0.5) is 0 Å². The number of phenolic OH excluding ortho intramolecular Hbond substituents is 1. The maximum Gasteiger partial charge on any atom is 0.255 e. The lowest BCUT2D eigenvalue weighted by atomic mass is 9.84. The first-order chi connectivity index (χ1) is 8.75. The highest BCUT2D eigenvalue weighted by Crippen LogP contribution is 2.23. The molecule has 0 aliphatic heterocycles. The van der Waals surface area contributed by atoms with Crippen molar-refractivity contribution in [2.75, 3.05) is 6.54 Å². The molecule has 0 heterocycles. The number of phenols is 1. The number of hydrogen-bond donors (Lipinski definition) is 3. The monoisotopic (exact) mass is 264 g/mol. The molecule has 0 fully saturated rings. The average Bonchev–Trinajstić information content (AvgIpc) is 2.30. The van der Waals surface area contributed by atoms with Crippen molar-refractivity contribution in [3.63, 3.8) is 0 Å². The molecule has 106 valence electrons. The minimum Gasteiger partial charge on any atom is -0.507 e. The number of amides is 1. The molecule has 0 radical (unpaired) electrons. The number of rotatable bonds is 4. The van der Waals surface area contributed by atoms with Gasteiger partial charge in [-0.1, -0.05) is 32.4 Å². The van der Waals surface area contributed by atoms with Gasteiger partial charge in [-0.25, -0.2) is 0 Å². The molecule has 1 aromatic carbocycles. The Hall–Kier alpha value is -1.55. The standard InChI is InChI=1S/C15H24N2O2/c1-10-5-6-12(18)11(9-10)14(19)17-13(7-8-16)15(2,3)4/h5-6,9,13,18H,7-8,16H2,1-4H3,(H,17,19). The second-order valence-electron chi connectivity index (χ2n) is 5.99. The maximum atomic E-state index is 12.2. The minimum atomic E-state index is -0.255. The Morgan fingerprint density at radius 2 is 2.05 bits per heavy atom. The van der Waals surface area contributed by atoms with Gasteiger partial charge in [0.05, 0.1) is 5.56 Å². The van der Waals surface area contributed by atoms with Crippen LogP contribution in [0.5, 0.6) is 5.75 Å². The number of nitrogens with one attached hydrogen (secondary N) is 1. The summed E-state index contributed by atoms with van der Waals surface area (Å²) < 4.78 is 0. The SMILES string of the molecule is Cc1ccc(O)c(C(=O)NC(CCN)C(C)(C)C)c1. The Labute approximate surface area is 115 Å². The van der Waals surface area contributed by atoms with Crippen LogP contribution in [0, 0.1) is 12.3 Å². The van der Waals surface area contributed by atoms with Crippen molar-refractivity contribution in [2.24, 2.45) is 11.1 Å². The second-order valence-corrected chi connectivity index (χ2v) is 5.99. The predicted octanol–water partition coefficient (Wildman–Crippen LogP) is 2.19. The Bertz CT molecular complexity index is 450. The van der Waals surface area contributed by atoms with Gasteiger partial charge in [0.1, 0.15) is 5.75 Å². The van der Waals surface area contributed by atoms with E-state index in [4.69, 9.17) is 5.73 Å². The summed E-state index contributed by atoms with van der Waals surface area (Å²) in [6, 6.07) is 4.98. The number of benzene rings is 1. The number of aryl methyl sites for hydroxylation is 1. The van der Waals surface area contributed by atoms with Gasteiger partial charge in [0.25, 0.3) is 5.91 Å². The Kier molecular flexibility index (Phi) is 4.95. The van der Waals surface area contributed by atoms with E-state index in [1.807, 2.05) is 6.92 Å². The third-order valence-corrected chi connectivity index (χ3v) is 3.20. The normalized spacial score (nSPS) is 13.1.